The average Bonchev–Trinajstić information content (AvgIpc) is 2.85. The molecule has 0 bridgehead atoms. The maximum Gasteiger partial charge on any atom is 0.273 e. The molecule has 0 fully saturated rings. The monoisotopic (exact) mass is 356 g/mol. The van der Waals surface area contributed by atoms with Gasteiger partial charge in [-0.2, -0.15) is 0 Å². The molecule has 0 unspecified atom stereocenters. The molecule has 2 aromatic rings. The molecule has 0 aliphatic rings. The van der Waals surface area contributed by atoms with Gasteiger partial charge in [0.25, 0.3) is 11.6 Å². The van der Waals surface area contributed by atoms with E-state index >= 15 is 0 Å². The van der Waals surface area contributed by atoms with Gasteiger partial charge in [-0.15, -0.1) is 11.3 Å². The number of anilines is 1. The fourth-order valence-corrected chi connectivity index (χ4v) is 2.98. The molecule has 0 aliphatic carbocycles. The summed E-state index contributed by atoms with van der Waals surface area (Å²) in [5, 5.41) is 15.1. The number of thiophene rings is 1. The lowest BCUT2D eigenvalue weighted by molar-refractivity contribution is -0.384. The zero-order valence-corrected chi connectivity index (χ0v) is 12.7. The summed E-state index contributed by atoms with van der Waals surface area (Å²) in [5.41, 5.74) is 0.278. The van der Waals surface area contributed by atoms with Crippen molar-refractivity contribution in [1.29, 1.82) is 0 Å². The fourth-order valence-electron chi connectivity index (χ4n) is 1.53. The number of nitrogens with one attached hydrogen (secondary N) is 1. The second-order valence-electron chi connectivity index (χ2n) is 3.69. The highest BCUT2D eigenvalue weighted by atomic mass is 79.9. The highest BCUT2D eigenvalue weighted by molar-refractivity contribution is 9.10. The van der Waals surface area contributed by atoms with Crippen molar-refractivity contribution in [2.24, 2.45) is 0 Å². The number of non-ortho nitro benzene ring substituents is 1. The minimum Gasteiger partial charge on any atom is -0.494 e. The van der Waals surface area contributed by atoms with Crippen LogP contribution in [0.4, 0.5) is 11.4 Å². The van der Waals surface area contributed by atoms with Crippen molar-refractivity contribution >= 4 is 44.5 Å². The van der Waals surface area contributed by atoms with Crippen LogP contribution in [0, 0.1) is 10.1 Å². The predicted octanol–water partition coefficient (Wildman–Crippen LogP) is 3.68. The van der Waals surface area contributed by atoms with Crippen LogP contribution in [0.3, 0.4) is 0 Å². The Hall–Kier alpha value is -1.93. The zero-order chi connectivity index (χ0) is 14.7. The average molecular weight is 357 g/mol. The molecule has 104 valence electrons. The molecule has 0 saturated heterocycles. The Morgan fingerprint density at radius 1 is 1.45 bits per heavy atom. The van der Waals surface area contributed by atoms with Gasteiger partial charge in [-0.1, -0.05) is 0 Å². The number of halogens is 1. The van der Waals surface area contributed by atoms with Crippen LogP contribution in [0.5, 0.6) is 5.75 Å². The number of rotatable bonds is 4. The summed E-state index contributed by atoms with van der Waals surface area (Å²) in [4.78, 5) is 22.8. The van der Waals surface area contributed by atoms with E-state index in [1.165, 1.54) is 36.6 Å². The predicted molar refractivity (Wildman–Crippen MR) is 79.6 cm³/mol. The Kier molecular flexibility index (Phi) is 4.35. The van der Waals surface area contributed by atoms with E-state index in [1.807, 2.05) is 0 Å². The number of hydrogen-bond donors (Lipinski definition) is 1. The van der Waals surface area contributed by atoms with Gasteiger partial charge in [0, 0.05) is 10.5 Å². The van der Waals surface area contributed by atoms with E-state index in [0.29, 0.717) is 15.0 Å². The van der Waals surface area contributed by atoms with Gasteiger partial charge in [0.1, 0.15) is 10.6 Å². The first-order chi connectivity index (χ1) is 9.52. The minimum absolute atomic E-state index is 0.0999. The smallest absolute Gasteiger partial charge is 0.273 e. The van der Waals surface area contributed by atoms with Crippen LogP contribution in [0.2, 0.25) is 0 Å². The van der Waals surface area contributed by atoms with E-state index in [0.717, 1.165) is 0 Å². The third kappa shape index (κ3) is 2.97. The second-order valence-corrected chi connectivity index (χ2v) is 5.46. The molecule has 1 amide bonds. The van der Waals surface area contributed by atoms with E-state index in [-0.39, 0.29) is 17.3 Å². The summed E-state index contributed by atoms with van der Waals surface area (Å²) < 4.78 is 5.75. The van der Waals surface area contributed by atoms with Crippen molar-refractivity contribution in [3.63, 3.8) is 0 Å². The topological polar surface area (TPSA) is 81.5 Å². The number of nitrogens with zero attached hydrogens (tertiary/aromatic N) is 1. The van der Waals surface area contributed by atoms with Crippen LogP contribution in [0.1, 0.15) is 9.67 Å². The summed E-state index contributed by atoms with van der Waals surface area (Å²) in [6, 6.07) is 5.78. The highest BCUT2D eigenvalue weighted by Crippen LogP contribution is 2.30. The first kappa shape index (κ1) is 14.5. The fraction of sp³-hybridized carbons (Fsp3) is 0.0833. The SMILES string of the molecule is COc1cc([N+](=O)[O-])ccc1NC(=O)c1sccc1Br. The van der Waals surface area contributed by atoms with E-state index in [9.17, 15) is 14.9 Å². The number of ether oxygens (including phenoxy) is 1. The zero-order valence-electron chi connectivity index (χ0n) is 10.3. The summed E-state index contributed by atoms with van der Waals surface area (Å²) >= 11 is 4.57. The Morgan fingerprint density at radius 2 is 2.20 bits per heavy atom. The van der Waals surface area contributed by atoms with Gasteiger partial charge in [0.15, 0.2) is 0 Å². The van der Waals surface area contributed by atoms with Crippen molar-refractivity contribution in [2.75, 3.05) is 12.4 Å². The van der Waals surface area contributed by atoms with Gasteiger partial charge < -0.3 is 10.1 Å². The van der Waals surface area contributed by atoms with Gasteiger partial charge >= 0.3 is 0 Å². The van der Waals surface area contributed by atoms with Gasteiger partial charge in [-0.05, 0) is 33.4 Å². The van der Waals surface area contributed by atoms with Crippen molar-refractivity contribution in [3.05, 3.63) is 49.1 Å². The first-order valence-electron chi connectivity index (χ1n) is 5.39. The van der Waals surface area contributed by atoms with Crippen LogP contribution >= 0.6 is 27.3 Å². The van der Waals surface area contributed by atoms with Crippen LogP contribution in [0.25, 0.3) is 0 Å². The molecule has 0 radical (unpaired) electrons. The third-order valence-corrected chi connectivity index (χ3v) is 4.30. The van der Waals surface area contributed by atoms with Crippen molar-refractivity contribution in [1.82, 2.24) is 0 Å². The standard InChI is InChI=1S/C12H9BrN2O4S/c1-19-10-6-7(15(17)18)2-3-9(10)14-12(16)11-8(13)4-5-20-11/h2-6H,1H3,(H,14,16). The molecule has 1 aromatic heterocycles. The van der Waals surface area contributed by atoms with Crippen LogP contribution in [0.15, 0.2) is 34.1 Å². The molecular formula is C12H9BrN2O4S. The van der Waals surface area contributed by atoms with Crippen LogP contribution in [-0.2, 0) is 0 Å². The molecular weight excluding hydrogens is 348 g/mol. The van der Waals surface area contributed by atoms with E-state index in [4.69, 9.17) is 4.74 Å². The van der Waals surface area contributed by atoms with E-state index < -0.39 is 4.92 Å². The Bertz CT molecular complexity index is 671. The Morgan fingerprint density at radius 3 is 2.75 bits per heavy atom. The Balaban J connectivity index is 2.27. The minimum atomic E-state index is -0.524. The molecule has 1 N–H and O–H groups in total. The number of nitro groups is 1. The lowest BCUT2D eigenvalue weighted by Crippen LogP contribution is -2.11. The Labute approximate surface area is 126 Å². The molecule has 0 saturated carbocycles. The van der Waals surface area contributed by atoms with Crippen LogP contribution < -0.4 is 10.1 Å². The summed E-state index contributed by atoms with van der Waals surface area (Å²) in [5.74, 6) is -0.0701. The molecule has 8 heteroatoms. The number of benzene rings is 1. The largest absolute Gasteiger partial charge is 0.494 e. The summed E-state index contributed by atoms with van der Waals surface area (Å²) in [6.45, 7) is 0. The lowest BCUT2D eigenvalue weighted by atomic mass is 10.2. The van der Waals surface area contributed by atoms with Gasteiger partial charge in [0.05, 0.1) is 23.8 Å². The molecule has 6 nitrogen and oxygen atoms in total. The van der Waals surface area contributed by atoms with E-state index in [1.54, 1.807) is 11.4 Å². The maximum absolute atomic E-state index is 12.1. The number of nitro benzene ring substituents is 1. The van der Waals surface area contributed by atoms with Crippen molar-refractivity contribution < 1.29 is 14.5 Å². The lowest BCUT2D eigenvalue weighted by Gasteiger charge is -2.09. The van der Waals surface area contributed by atoms with Crippen LogP contribution in [-0.4, -0.2) is 17.9 Å². The first-order valence-corrected chi connectivity index (χ1v) is 7.07. The molecule has 0 atom stereocenters. The molecule has 1 aromatic carbocycles. The molecule has 2 rings (SSSR count). The third-order valence-electron chi connectivity index (χ3n) is 2.47. The molecule has 20 heavy (non-hydrogen) atoms. The summed E-state index contributed by atoms with van der Waals surface area (Å²) in [6.07, 6.45) is 0. The maximum atomic E-state index is 12.1. The number of amides is 1. The van der Waals surface area contributed by atoms with Gasteiger partial charge in [0.2, 0.25) is 0 Å². The van der Waals surface area contributed by atoms with Crippen molar-refractivity contribution in [3.8, 4) is 5.75 Å². The summed E-state index contributed by atoms with van der Waals surface area (Å²) in [7, 11) is 1.38. The normalized spacial score (nSPS) is 10.1. The number of carbonyl (C=O) groups excluding carboxylic acids is 1. The molecule has 0 spiro atoms. The molecule has 0 aliphatic heterocycles. The second kappa shape index (κ2) is 6.02. The van der Waals surface area contributed by atoms with Crippen molar-refractivity contribution in [2.45, 2.75) is 0 Å². The van der Waals surface area contributed by atoms with E-state index in [2.05, 4.69) is 21.2 Å². The number of carbonyl (C=O) groups is 1. The molecule has 1 heterocycles. The van der Waals surface area contributed by atoms with Gasteiger partial charge in [-0.25, -0.2) is 0 Å². The highest BCUT2D eigenvalue weighted by Gasteiger charge is 2.16. The number of hydrogen-bond acceptors (Lipinski definition) is 5. The van der Waals surface area contributed by atoms with Gasteiger partial charge in [-0.3, -0.25) is 14.9 Å². The quantitative estimate of drug-likeness (QED) is 0.669. The number of methoxy groups -OCH3 is 1.